The summed E-state index contributed by atoms with van der Waals surface area (Å²) in [7, 11) is 0. The van der Waals surface area contributed by atoms with Gasteiger partial charge in [-0.3, -0.25) is 0 Å². The predicted octanol–water partition coefficient (Wildman–Crippen LogP) is 3.01. The van der Waals surface area contributed by atoms with Crippen LogP contribution in [-0.2, 0) is 6.54 Å². The number of hydrogen-bond acceptors (Lipinski definition) is 4. The third-order valence-electron chi connectivity index (χ3n) is 3.51. The summed E-state index contributed by atoms with van der Waals surface area (Å²) in [6, 6.07) is 0. The smallest absolute Gasteiger partial charge is 0.113 e. The van der Waals surface area contributed by atoms with E-state index in [2.05, 4.69) is 22.1 Å². The minimum Gasteiger partial charge on any atom is -0.310 e. The molecular formula is C13H22ClN3S. The molecule has 1 saturated heterocycles. The largest absolute Gasteiger partial charge is 0.310 e. The summed E-state index contributed by atoms with van der Waals surface area (Å²) >= 11 is 7.39. The molecule has 18 heavy (non-hydrogen) atoms. The van der Waals surface area contributed by atoms with E-state index in [9.17, 15) is 0 Å². The van der Waals surface area contributed by atoms with Gasteiger partial charge in [0.1, 0.15) is 9.34 Å². The van der Waals surface area contributed by atoms with Crippen LogP contribution in [0.25, 0.3) is 0 Å². The first-order chi connectivity index (χ1) is 8.74. The molecule has 1 aliphatic rings. The van der Waals surface area contributed by atoms with Gasteiger partial charge in [-0.15, -0.1) is 11.3 Å². The third-order valence-corrected chi connectivity index (χ3v) is 4.62. The monoisotopic (exact) mass is 287 g/mol. The maximum atomic E-state index is 5.84. The van der Waals surface area contributed by atoms with E-state index in [1.54, 1.807) is 17.5 Å². The van der Waals surface area contributed by atoms with E-state index >= 15 is 0 Å². The fraction of sp³-hybridized carbons (Fsp3) is 0.769. The van der Waals surface area contributed by atoms with Crippen LogP contribution in [0.2, 0.25) is 4.34 Å². The van der Waals surface area contributed by atoms with Crippen LogP contribution in [0.4, 0.5) is 0 Å². The molecule has 1 N–H and O–H groups in total. The van der Waals surface area contributed by atoms with Crippen LogP contribution in [0.5, 0.6) is 0 Å². The standard InChI is InChI=1S/C13H22ClN3S/c1-11-3-7-17(8-4-11)6-2-5-15-10-13-16-9-12(14)18-13/h9,11,15H,2-8,10H2,1H3. The first-order valence-corrected chi connectivity index (χ1v) is 7.97. The van der Waals surface area contributed by atoms with Crippen molar-refractivity contribution in [2.75, 3.05) is 26.2 Å². The molecule has 0 atom stereocenters. The van der Waals surface area contributed by atoms with Crippen molar-refractivity contribution < 1.29 is 0 Å². The number of nitrogens with one attached hydrogen (secondary N) is 1. The summed E-state index contributed by atoms with van der Waals surface area (Å²) in [5, 5.41) is 4.50. The van der Waals surface area contributed by atoms with Gasteiger partial charge >= 0.3 is 0 Å². The Bertz CT molecular complexity index is 348. The number of nitrogens with zero attached hydrogens (tertiary/aromatic N) is 2. The van der Waals surface area contributed by atoms with Gasteiger partial charge in [0.25, 0.3) is 0 Å². The highest BCUT2D eigenvalue weighted by atomic mass is 35.5. The van der Waals surface area contributed by atoms with Gasteiger partial charge in [0, 0.05) is 6.54 Å². The minimum absolute atomic E-state index is 0.772. The maximum absolute atomic E-state index is 5.84. The number of likely N-dealkylation sites (tertiary alicyclic amines) is 1. The van der Waals surface area contributed by atoms with Crippen LogP contribution in [0.1, 0.15) is 31.2 Å². The van der Waals surface area contributed by atoms with Crippen molar-refractivity contribution in [3.63, 3.8) is 0 Å². The van der Waals surface area contributed by atoms with E-state index < -0.39 is 0 Å². The summed E-state index contributed by atoms with van der Waals surface area (Å²) < 4.78 is 0.772. The fourth-order valence-electron chi connectivity index (χ4n) is 2.28. The van der Waals surface area contributed by atoms with Gasteiger partial charge in [0.05, 0.1) is 6.20 Å². The Morgan fingerprint density at radius 2 is 2.28 bits per heavy atom. The van der Waals surface area contributed by atoms with Crippen molar-refractivity contribution in [1.29, 1.82) is 0 Å². The lowest BCUT2D eigenvalue weighted by molar-refractivity contribution is 0.190. The van der Waals surface area contributed by atoms with Crippen LogP contribution in [0.3, 0.4) is 0 Å². The van der Waals surface area contributed by atoms with E-state index in [0.29, 0.717) is 0 Å². The molecule has 1 aromatic rings. The molecule has 3 nitrogen and oxygen atoms in total. The summed E-state index contributed by atoms with van der Waals surface area (Å²) in [6.45, 7) is 8.04. The van der Waals surface area contributed by atoms with Crippen molar-refractivity contribution in [2.45, 2.75) is 32.7 Å². The van der Waals surface area contributed by atoms with E-state index in [-0.39, 0.29) is 0 Å². The molecule has 0 amide bonds. The summed E-state index contributed by atoms with van der Waals surface area (Å²) in [6.07, 6.45) is 5.67. The first-order valence-electron chi connectivity index (χ1n) is 6.77. The fourth-order valence-corrected chi connectivity index (χ4v) is 3.20. The normalized spacial score (nSPS) is 18.3. The molecule has 1 aromatic heterocycles. The molecule has 0 saturated carbocycles. The van der Waals surface area contributed by atoms with Crippen LogP contribution >= 0.6 is 22.9 Å². The predicted molar refractivity (Wildman–Crippen MR) is 78.3 cm³/mol. The molecule has 0 radical (unpaired) electrons. The van der Waals surface area contributed by atoms with Crippen molar-refractivity contribution in [3.8, 4) is 0 Å². The molecule has 0 spiro atoms. The molecule has 0 aliphatic carbocycles. The van der Waals surface area contributed by atoms with E-state index in [1.807, 2.05) is 0 Å². The molecule has 102 valence electrons. The van der Waals surface area contributed by atoms with E-state index in [1.165, 1.54) is 38.9 Å². The number of aromatic nitrogens is 1. The van der Waals surface area contributed by atoms with Gasteiger partial charge in [-0.2, -0.15) is 0 Å². The van der Waals surface area contributed by atoms with Crippen molar-refractivity contribution in [3.05, 3.63) is 15.5 Å². The highest BCUT2D eigenvalue weighted by Crippen LogP contribution is 2.18. The van der Waals surface area contributed by atoms with Crippen LogP contribution in [-0.4, -0.2) is 36.1 Å². The number of halogens is 1. The van der Waals surface area contributed by atoms with Crippen LogP contribution in [0, 0.1) is 5.92 Å². The van der Waals surface area contributed by atoms with Gasteiger partial charge in [0.2, 0.25) is 0 Å². The quantitative estimate of drug-likeness (QED) is 0.815. The zero-order chi connectivity index (χ0) is 12.8. The highest BCUT2D eigenvalue weighted by molar-refractivity contribution is 7.15. The summed E-state index contributed by atoms with van der Waals surface area (Å²) in [4.78, 5) is 6.81. The lowest BCUT2D eigenvalue weighted by atomic mass is 9.99. The van der Waals surface area contributed by atoms with Crippen LogP contribution < -0.4 is 5.32 Å². The first kappa shape index (κ1) is 14.3. The topological polar surface area (TPSA) is 28.2 Å². The molecule has 5 heteroatoms. The average molecular weight is 288 g/mol. The van der Waals surface area contributed by atoms with Gasteiger partial charge in [-0.25, -0.2) is 4.98 Å². The Morgan fingerprint density at radius 3 is 2.94 bits per heavy atom. The zero-order valence-corrected chi connectivity index (χ0v) is 12.6. The molecule has 1 aliphatic heterocycles. The Balaban J connectivity index is 1.51. The second kappa shape index (κ2) is 7.43. The molecule has 0 aromatic carbocycles. The molecule has 0 bridgehead atoms. The Labute approximate surface area is 119 Å². The Kier molecular flexibility index (Phi) is 5.89. The lowest BCUT2D eigenvalue weighted by Crippen LogP contribution is -2.34. The number of hydrogen-bond donors (Lipinski definition) is 1. The van der Waals surface area contributed by atoms with Gasteiger partial charge in [-0.1, -0.05) is 18.5 Å². The molecular weight excluding hydrogens is 266 g/mol. The second-order valence-corrected chi connectivity index (χ2v) is 6.86. The molecule has 2 rings (SSSR count). The number of rotatable bonds is 6. The van der Waals surface area contributed by atoms with Gasteiger partial charge < -0.3 is 10.2 Å². The van der Waals surface area contributed by atoms with Crippen LogP contribution in [0.15, 0.2) is 6.20 Å². The molecule has 2 heterocycles. The summed E-state index contributed by atoms with van der Waals surface area (Å²) in [5.74, 6) is 0.925. The van der Waals surface area contributed by atoms with Crippen molar-refractivity contribution >= 4 is 22.9 Å². The molecule has 0 unspecified atom stereocenters. The number of piperidine rings is 1. The second-order valence-electron chi connectivity index (χ2n) is 5.11. The minimum atomic E-state index is 0.772. The average Bonchev–Trinajstić information content (AvgIpc) is 2.77. The SMILES string of the molecule is CC1CCN(CCCNCc2ncc(Cl)s2)CC1. The number of thiazole rings is 1. The van der Waals surface area contributed by atoms with Gasteiger partial charge in [0.15, 0.2) is 0 Å². The third kappa shape index (κ3) is 4.84. The maximum Gasteiger partial charge on any atom is 0.113 e. The van der Waals surface area contributed by atoms with Crippen molar-refractivity contribution in [1.82, 2.24) is 15.2 Å². The highest BCUT2D eigenvalue weighted by Gasteiger charge is 2.14. The zero-order valence-electron chi connectivity index (χ0n) is 11.0. The van der Waals surface area contributed by atoms with E-state index in [4.69, 9.17) is 11.6 Å². The Hall–Kier alpha value is -0.160. The lowest BCUT2D eigenvalue weighted by Gasteiger charge is -2.30. The van der Waals surface area contributed by atoms with Crippen molar-refractivity contribution in [2.24, 2.45) is 5.92 Å². The molecule has 1 fully saturated rings. The van der Waals surface area contributed by atoms with E-state index in [0.717, 1.165) is 28.4 Å². The summed E-state index contributed by atoms with van der Waals surface area (Å²) in [5.41, 5.74) is 0. The Morgan fingerprint density at radius 1 is 1.50 bits per heavy atom. The van der Waals surface area contributed by atoms with Gasteiger partial charge in [-0.05, 0) is 51.4 Å².